The van der Waals surface area contributed by atoms with Crippen molar-refractivity contribution in [3.63, 3.8) is 0 Å². The fourth-order valence-electron chi connectivity index (χ4n) is 3.54. The van der Waals surface area contributed by atoms with Gasteiger partial charge in [0.2, 0.25) is 5.91 Å². The zero-order valence-electron chi connectivity index (χ0n) is 14.7. The van der Waals surface area contributed by atoms with Crippen LogP contribution in [0.4, 0.5) is 5.69 Å². The standard InChI is InChI=1S/C19H15N3O4S2/c23-15-8-27-13-5-4-9(6-11(13)20-15)19(25)26-7-14-21-17(24)16-10-2-1-3-12(10)28-18(16)22-14/h4-6H,1-3,7-8H2,(H,20,23)(H,21,22,24). The third-order valence-corrected chi connectivity index (χ3v) is 7.07. The number of carbonyl (C=O) groups excluding carboxylic acids is 2. The van der Waals surface area contributed by atoms with Crippen molar-refractivity contribution in [2.45, 2.75) is 30.8 Å². The predicted molar refractivity (Wildman–Crippen MR) is 107 cm³/mol. The third-order valence-electron chi connectivity index (χ3n) is 4.81. The predicted octanol–water partition coefficient (Wildman–Crippen LogP) is 2.87. The van der Waals surface area contributed by atoms with Crippen LogP contribution < -0.4 is 10.9 Å². The molecule has 0 unspecified atom stereocenters. The van der Waals surface area contributed by atoms with Gasteiger partial charge in [0.15, 0.2) is 0 Å². The molecule has 0 fully saturated rings. The highest BCUT2D eigenvalue weighted by atomic mass is 32.2. The molecule has 2 aromatic heterocycles. The summed E-state index contributed by atoms with van der Waals surface area (Å²) in [5.74, 6) is 0.0577. The number of carbonyl (C=O) groups is 2. The van der Waals surface area contributed by atoms with Gasteiger partial charge in [0.1, 0.15) is 17.3 Å². The van der Waals surface area contributed by atoms with Gasteiger partial charge in [0, 0.05) is 9.77 Å². The van der Waals surface area contributed by atoms with E-state index in [4.69, 9.17) is 4.74 Å². The van der Waals surface area contributed by atoms with Gasteiger partial charge in [0.05, 0.1) is 22.4 Å². The summed E-state index contributed by atoms with van der Waals surface area (Å²) >= 11 is 2.97. The molecule has 142 valence electrons. The van der Waals surface area contributed by atoms with Crippen LogP contribution in [0.25, 0.3) is 10.2 Å². The number of aromatic nitrogens is 2. The molecule has 0 atom stereocenters. The molecule has 0 saturated heterocycles. The van der Waals surface area contributed by atoms with E-state index in [-0.39, 0.29) is 18.1 Å². The van der Waals surface area contributed by atoms with Crippen molar-refractivity contribution < 1.29 is 14.3 Å². The van der Waals surface area contributed by atoms with Gasteiger partial charge >= 0.3 is 5.97 Å². The Morgan fingerprint density at radius 1 is 1.25 bits per heavy atom. The van der Waals surface area contributed by atoms with Crippen LogP contribution in [-0.2, 0) is 29.0 Å². The Balaban J connectivity index is 1.35. The van der Waals surface area contributed by atoms with Crippen molar-refractivity contribution in [2.24, 2.45) is 0 Å². The topological polar surface area (TPSA) is 101 Å². The summed E-state index contributed by atoms with van der Waals surface area (Å²) in [5, 5.41) is 3.43. The molecule has 3 heterocycles. The second kappa shape index (κ2) is 6.75. The summed E-state index contributed by atoms with van der Waals surface area (Å²) in [4.78, 5) is 46.4. The van der Waals surface area contributed by atoms with Gasteiger partial charge in [-0.2, -0.15) is 0 Å². The number of nitrogens with one attached hydrogen (secondary N) is 2. The van der Waals surface area contributed by atoms with Gasteiger partial charge in [-0.25, -0.2) is 9.78 Å². The molecule has 2 aliphatic rings. The number of hydrogen-bond donors (Lipinski definition) is 2. The number of anilines is 1. The third kappa shape index (κ3) is 3.00. The summed E-state index contributed by atoms with van der Waals surface area (Å²) < 4.78 is 5.33. The van der Waals surface area contributed by atoms with Crippen molar-refractivity contribution in [2.75, 3.05) is 11.1 Å². The zero-order valence-corrected chi connectivity index (χ0v) is 16.3. The molecule has 1 aliphatic carbocycles. The first-order valence-electron chi connectivity index (χ1n) is 8.86. The number of thiophene rings is 1. The normalized spacial score (nSPS) is 15.2. The molecule has 5 rings (SSSR count). The average molecular weight is 413 g/mol. The number of hydrogen-bond acceptors (Lipinski definition) is 7. The second-order valence-corrected chi connectivity index (χ2v) is 8.77. The van der Waals surface area contributed by atoms with Crippen LogP contribution in [0.3, 0.4) is 0 Å². The molecular formula is C19H15N3O4S2. The maximum absolute atomic E-state index is 12.5. The monoisotopic (exact) mass is 413 g/mol. The van der Waals surface area contributed by atoms with Crippen LogP contribution in [0, 0.1) is 0 Å². The first-order valence-corrected chi connectivity index (χ1v) is 10.7. The van der Waals surface area contributed by atoms with Crippen molar-refractivity contribution in [1.29, 1.82) is 0 Å². The van der Waals surface area contributed by atoms with Crippen LogP contribution >= 0.6 is 23.1 Å². The van der Waals surface area contributed by atoms with Gasteiger partial charge < -0.3 is 15.0 Å². The van der Waals surface area contributed by atoms with Gasteiger partial charge in [-0.1, -0.05) is 0 Å². The van der Waals surface area contributed by atoms with Gasteiger partial charge in [-0.15, -0.1) is 23.1 Å². The minimum absolute atomic E-state index is 0.0964. The van der Waals surface area contributed by atoms with Crippen molar-refractivity contribution in [3.8, 4) is 0 Å². The number of ether oxygens (including phenoxy) is 1. The molecule has 2 N–H and O–H groups in total. The molecule has 1 aliphatic heterocycles. The van der Waals surface area contributed by atoms with Crippen LogP contribution in [0.1, 0.15) is 33.0 Å². The van der Waals surface area contributed by atoms with E-state index in [0.29, 0.717) is 33.0 Å². The number of thioether (sulfide) groups is 1. The molecule has 0 bridgehead atoms. The summed E-state index contributed by atoms with van der Waals surface area (Å²) in [7, 11) is 0. The number of H-pyrrole nitrogens is 1. The molecule has 0 radical (unpaired) electrons. The highest BCUT2D eigenvalue weighted by Crippen LogP contribution is 2.34. The number of aromatic amines is 1. The average Bonchev–Trinajstić information content (AvgIpc) is 3.26. The van der Waals surface area contributed by atoms with E-state index in [1.54, 1.807) is 29.5 Å². The van der Waals surface area contributed by atoms with Crippen LogP contribution in [-0.4, -0.2) is 27.6 Å². The Morgan fingerprint density at radius 3 is 3.04 bits per heavy atom. The number of amides is 1. The Bertz CT molecular complexity index is 1200. The number of aryl methyl sites for hydroxylation is 2. The lowest BCUT2D eigenvalue weighted by molar-refractivity contribution is -0.113. The molecule has 1 amide bonds. The lowest BCUT2D eigenvalue weighted by Gasteiger charge is -2.16. The SMILES string of the molecule is O=C1CSc2ccc(C(=O)OCc3nc4sc5c(c4c(=O)[nH]3)CCC5)cc2N1. The van der Waals surface area contributed by atoms with E-state index in [1.165, 1.54) is 16.6 Å². The van der Waals surface area contributed by atoms with E-state index >= 15 is 0 Å². The van der Waals surface area contributed by atoms with Crippen LogP contribution in [0.5, 0.6) is 0 Å². The number of benzene rings is 1. The molecule has 9 heteroatoms. The molecule has 28 heavy (non-hydrogen) atoms. The summed E-state index contributed by atoms with van der Waals surface area (Å²) in [6.45, 7) is -0.120. The Kier molecular flexibility index (Phi) is 4.21. The lowest BCUT2D eigenvalue weighted by Crippen LogP contribution is -2.19. The Labute approximate surface area is 167 Å². The Hall–Kier alpha value is -2.65. The minimum Gasteiger partial charge on any atom is -0.454 e. The van der Waals surface area contributed by atoms with E-state index in [0.717, 1.165) is 29.7 Å². The maximum atomic E-state index is 12.5. The van der Waals surface area contributed by atoms with E-state index in [2.05, 4.69) is 15.3 Å². The maximum Gasteiger partial charge on any atom is 0.338 e. The molecule has 7 nitrogen and oxygen atoms in total. The van der Waals surface area contributed by atoms with Gasteiger partial charge in [-0.3, -0.25) is 9.59 Å². The fraction of sp³-hybridized carbons (Fsp3) is 0.263. The first-order chi connectivity index (χ1) is 13.6. The van der Waals surface area contributed by atoms with Crippen LogP contribution in [0.2, 0.25) is 0 Å². The highest BCUT2D eigenvalue weighted by molar-refractivity contribution is 8.00. The summed E-state index contributed by atoms with van der Waals surface area (Å²) in [5.41, 5.74) is 1.88. The smallest absolute Gasteiger partial charge is 0.338 e. The van der Waals surface area contributed by atoms with E-state index in [9.17, 15) is 14.4 Å². The molecule has 0 saturated carbocycles. The summed E-state index contributed by atoms with van der Waals surface area (Å²) in [6, 6.07) is 5.05. The molecular weight excluding hydrogens is 398 g/mol. The number of fused-ring (bicyclic) bond motifs is 4. The molecule has 1 aromatic carbocycles. The molecule has 0 spiro atoms. The largest absolute Gasteiger partial charge is 0.454 e. The Morgan fingerprint density at radius 2 is 2.14 bits per heavy atom. The second-order valence-electron chi connectivity index (χ2n) is 6.67. The fourth-order valence-corrected chi connectivity index (χ4v) is 5.61. The zero-order chi connectivity index (χ0) is 19.3. The number of nitrogens with zero attached hydrogens (tertiary/aromatic N) is 1. The first kappa shape index (κ1) is 17.4. The van der Waals surface area contributed by atoms with Crippen molar-refractivity contribution >= 4 is 50.9 Å². The van der Waals surface area contributed by atoms with Crippen molar-refractivity contribution in [1.82, 2.24) is 9.97 Å². The molecule has 3 aromatic rings. The van der Waals surface area contributed by atoms with E-state index < -0.39 is 5.97 Å². The summed E-state index contributed by atoms with van der Waals surface area (Å²) in [6.07, 6.45) is 2.99. The highest BCUT2D eigenvalue weighted by Gasteiger charge is 2.22. The van der Waals surface area contributed by atoms with Crippen LogP contribution in [0.15, 0.2) is 27.9 Å². The quantitative estimate of drug-likeness (QED) is 0.641. The van der Waals surface area contributed by atoms with E-state index in [1.807, 2.05) is 0 Å². The van der Waals surface area contributed by atoms with Gasteiger partial charge in [-0.05, 0) is 43.0 Å². The minimum atomic E-state index is -0.538. The lowest BCUT2D eigenvalue weighted by atomic mass is 10.2. The number of esters is 1. The van der Waals surface area contributed by atoms with Gasteiger partial charge in [0.25, 0.3) is 5.56 Å². The van der Waals surface area contributed by atoms with Crippen molar-refractivity contribution in [3.05, 3.63) is 50.4 Å². The number of rotatable bonds is 3.